The van der Waals surface area contributed by atoms with Gasteiger partial charge >= 0.3 is 0 Å². The van der Waals surface area contributed by atoms with E-state index < -0.39 is 27.6 Å². The minimum atomic E-state index is -3.75. The smallest absolute Gasteiger partial charge is 0.176 e. The molecule has 0 radical (unpaired) electrons. The van der Waals surface area contributed by atoms with Gasteiger partial charge in [0.15, 0.2) is 21.4 Å². The van der Waals surface area contributed by atoms with Crippen molar-refractivity contribution in [1.29, 1.82) is 5.26 Å². The Hall–Kier alpha value is -2.50. The number of aliphatic hydroxyl groups excluding tert-OH is 1. The summed E-state index contributed by atoms with van der Waals surface area (Å²) in [6, 6.07) is 5.79. The van der Waals surface area contributed by atoms with Gasteiger partial charge in [-0.3, -0.25) is 0 Å². The van der Waals surface area contributed by atoms with E-state index in [0.29, 0.717) is 0 Å². The van der Waals surface area contributed by atoms with Crippen molar-refractivity contribution in [3.05, 3.63) is 52.6 Å². The highest BCUT2D eigenvalue weighted by Gasteiger charge is 2.33. The third-order valence-corrected chi connectivity index (χ3v) is 5.10. The molecule has 1 atom stereocenters. The molecule has 1 N–H and O–H groups in total. The van der Waals surface area contributed by atoms with E-state index in [1.807, 2.05) is 0 Å². The van der Waals surface area contributed by atoms with Gasteiger partial charge in [0.1, 0.15) is 11.6 Å². The van der Waals surface area contributed by atoms with E-state index in [1.165, 1.54) is 6.07 Å². The number of sulfone groups is 1. The van der Waals surface area contributed by atoms with Crippen molar-refractivity contribution in [2.45, 2.75) is 23.8 Å². The van der Waals surface area contributed by atoms with Crippen LogP contribution in [0.1, 0.15) is 29.2 Å². The number of fused-ring (bicyclic) bond motifs is 1. The normalized spacial score (nSPS) is 16.4. The molecule has 0 fully saturated rings. The second kappa shape index (κ2) is 6.10. The lowest BCUT2D eigenvalue weighted by molar-refractivity contribution is 0.177. The minimum Gasteiger partial charge on any atom is -0.454 e. The molecule has 130 valence electrons. The van der Waals surface area contributed by atoms with Crippen LogP contribution in [0.15, 0.2) is 29.2 Å². The van der Waals surface area contributed by atoms with Crippen LogP contribution in [0.2, 0.25) is 0 Å². The van der Waals surface area contributed by atoms with Gasteiger partial charge in [-0.2, -0.15) is 5.26 Å². The van der Waals surface area contributed by atoms with Crippen molar-refractivity contribution in [3.8, 4) is 17.6 Å². The minimum absolute atomic E-state index is 0.000144. The number of benzene rings is 2. The molecule has 5 nitrogen and oxygen atoms in total. The third-order valence-electron chi connectivity index (χ3n) is 3.96. The molecule has 0 aliphatic heterocycles. The summed E-state index contributed by atoms with van der Waals surface area (Å²) in [6.07, 6.45) is 0.320. The summed E-state index contributed by atoms with van der Waals surface area (Å²) in [7, 11) is -3.75. The maximum absolute atomic E-state index is 14.5. The highest BCUT2D eigenvalue weighted by Crippen LogP contribution is 2.44. The highest BCUT2D eigenvalue weighted by atomic mass is 32.2. The molecule has 25 heavy (non-hydrogen) atoms. The Labute approximate surface area is 143 Å². The third kappa shape index (κ3) is 3.21. The first-order valence-corrected chi connectivity index (χ1v) is 9.22. The summed E-state index contributed by atoms with van der Waals surface area (Å²) in [5.41, 5.74) is 0.339. The van der Waals surface area contributed by atoms with Crippen LogP contribution in [-0.4, -0.2) is 19.8 Å². The van der Waals surface area contributed by atoms with Crippen LogP contribution >= 0.6 is 0 Å². The Morgan fingerprint density at radius 3 is 2.64 bits per heavy atom. The van der Waals surface area contributed by atoms with E-state index in [4.69, 9.17) is 10.00 Å². The number of rotatable bonds is 3. The molecule has 1 unspecified atom stereocenters. The molecule has 3 rings (SSSR count). The number of halogens is 2. The van der Waals surface area contributed by atoms with Crippen LogP contribution < -0.4 is 4.74 Å². The van der Waals surface area contributed by atoms with E-state index in [-0.39, 0.29) is 45.9 Å². The van der Waals surface area contributed by atoms with Gasteiger partial charge in [0.25, 0.3) is 0 Å². The number of ether oxygens (including phenoxy) is 1. The van der Waals surface area contributed by atoms with Crippen molar-refractivity contribution in [1.82, 2.24) is 0 Å². The predicted molar refractivity (Wildman–Crippen MR) is 84.0 cm³/mol. The molecule has 1 aliphatic carbocycles. The first-order valence-electron chi connectivity index (χ1n) is 7.32. The second-order valence-corrected chi connectivity index (χ2v) is 7.78. The quantitative estimate of drug-likeness (QED) is 0.903. The molecular formula is C17H13F2NO4S. The second-order valence-electron chi connectivity index (χ2n) is 5.79. The van der Waals surface area contributed by atoms with Crippen molar-refractivity contribution in [3.63, 3.8) is 0 Å². The van der Waals surface area contributed by atoms with Gasteiger partial charge in [-0.25, -0.2) is 17.2 Å². The maximum atomic E-state index is 14.5. The van der Waals surface area contributed by atoms with Crippen LogP contribution in [0.4, 0.5) is 8.78 Å². The number of hydrogen-bond donors (Lipinski definition) is 1. The van der Waals surface area contributed by atoms with Gasteiger partial charge < -0.3 is 9.84 Å². The first kappa shape index (κ1) is 17.3. The van der Waals surface area contributed by atoms with Crippen LogP contribution in [0.5, 0.6) is 11.5 Å². The number of hydrogen-bond acceptors (Lipinski definition) is 5. The van der Waals surface area contributed by atoms with E-state index in [2.05, 4.69) is 0 Å². The predicted octanol–water partition coefficient (Wildman–Crippen LogP) is 3.01. The van der Waals surface area contributed by atoms with E-state index in [9.17, 15) is 22.3 Å². The molecule has 0 amide bonds. The summed E-state index contributed by atoms with van der Waals surface area (Å²) < 4.78 is 57.2. The van der Waals surface area contributed by atoms with Gasteiger partial charge in [-0.15, -0.1) is 0 Å². The molecule has 1 aliphatic rings. The molecule has 0 heterocycles. The van der Waals surface area contributed by atoms with Crippen LogP contribution in [0, 0.1) is 23.0 Å². The summed E-state index contributed by atoms with van der Waals surface area (Å²) in [6.45, 7) is 0. The average Bonchev–Trinajstić information content (AvgIpc) is 2.90. The molecule has 0 bridgehead atoms. The van der Waals surface area contributed by atoms with Gasteiger partial charge in [-0.1, -0.05) is 0 Å². The Morgan fingerprint density at radius 2 is 2.00 bits per heavy atom. The largest absolute Gasteiger partial charge is 0.454 e. The fraction of sp³-hybridized carbons (Fsp3) is 0.235. The number of aliphatic hydroxyl groups is 1. The molecule has 8 heteroatoms. The molecule has 0 spiro atoms. The fourth-order valence-electron chi connectivity index (χ4n) is 2.93. The Bertz CT molecular complexity index is 1010. The topological polar surface area (TPSA) is 87.4 Å². The van der Waals surface area contributed by atoms with Gasteiger partial charge in [-0.05, 0) is 31.0 Å². The zero-order chi connectivity index (χ0) is 18.4. The van der Waals surface area contributed by atoms with Gasteiger partial charge in [0, 0.05) is 23.4 Å². The first-order chi connectivity index (χ1) is 11.7. The lowest BCUT2D eigenvalue weighted by Gasteiger charge is -2.16. The van der Waals surface area contributed by atoms with Gasteiger partial charge in [0.05, 0.1) is 22.6 Å². The lowest BCUT2D eigenvalue weighted by atomic mass is 10.1. The molecular weight excluding hydrogens is 352 g/mol. The van der Waals surface area contributed by atoms with Crippen molar-refractivity contribution in [2.75, 3.05) is 6.26 Å². The summed E-state index contributed by atoms with van der Waals surface area (Å²) in [5.74, 6) is -2.02. The maximum Gasteiger partial charge on any atom is 0.176 e. The van der Waals surface area contributed by atoms with Crippen LogP contribution in [0.3, 0.4) is 0 Å². The number of nitriles is 1. The van der Waals surface area contributed by atoms with E-state index in [0.717, 1.165) is 24.5 Å². The zero-order valence-corrected chi connectivity index (χ0v) is 13.9. The van der Waals surface area contributed by atoms with Crippen molar-refractivity contribution < 1.29 is 27.0 Å². The summed E-state index contributed by atoms with van der Waals surface area (Å²) in [4.78, 5) is -0.283. The van der Waals surface area contributed by atoms with E-state index >= 15 is 0 Å². The molecule has 2 aromatic carbocycles. The fourth-order valence-corrected chi connectivity index (χ4v) is 3.91. The van der Waals surface area contributed by atoms with Gasteiger partial charge in [0.2, 0.25) is 0 Å². The molecule has 0 aromatic heterocycles. The molecule has 0 saturated heterocycles. The summed E-state index contributed by atoms with van der Waals surface area (Å²) in [5, 5.41) is 19.0. The monoisotopic (exact) mass is 365 g/mol. The van der Waals surface area contributed by atoms with E-state index in [1.54, 1.807) is 6.07 Å². The average molecular weight is 365 g/mol. The van der Waals surface area contributed by atoms with Crippen molar-refractivity contribution >= 4 is 9.84 Å². The molecule has 0 saturated carbocycles. The lowest BCUT2D eigenvalue weighted by Crippen LogP contribution is -2.07. The molecule has 2 aromatic rings. The SMILES string of the molecule is CS(=O)(=O)c1cc(F)c(Oc2cc(F)cc(C#N)c2)c2c1C(O)CC2. The number of nitrogens with zero attached hydrogens (tertiary/aromatic N) is 1. The zero-order valence-electron chi connectivity index (χ0n) is 13.1. The Kier molecular flexibility index (Phi) is 4.22. The van der Waals surface area contributed by atoms with Crippen molar-refractivity contribution in [2.24, 2.45) is 0 Å². The Morgan fingerprint density at radius 1 is 1.28 bits per heavy atom. The highest BCUT2D eigenvalue weighted by molar-refractivity contribution is 7.90. The standard InChI is InChI=1S/C17H13F2NO4S/c1-25(22,23)15-7-13(19)17(12-2-3-14(21)16(12)15)24-11-5-9(8-20)4-10(18)6-11/h4-7,14,21H,2-3H2,1H3. The Balaban J connectivity index is 2.16. The summed E-state index contributed by atoms with van der Waals surface area (Å²) >= 11 is 0. The van der Waals surface area contributed by atoms with Crippen LogP contribution in [-0.2, 0) is 16.3 Å². The van der Waals surface area contributed by atoms with Crippen LogP contribution in [0.25, 0.3) is 0 Å².